The molecule has 6 heteroatoms. The van der Waals surface area contributed by atoms with Gasteiger partial charge in [-0.15, -0.1) is 0 Å². The van der Waals surface area contributed by atoms with E-state index in [1.165, 1.54) is 6.20 Å². The van der Waals surface area contributed by atoms with Crippen LogP contribution in [0.15, 0.2) is 10.8 Å². The average molecular weight is 319 g/mol. The molecule has 0 atom stereocenters. The molecule has 0 N–H and O–H groups in total. The molecule has 1 nitrogen and oxygen atoms in total. The molecular formula is C7H4Br2F3N. The molecule has 0 amide bonds. The number of pyridine rings is 1. The highest BCUT2D eigenvalue weighted by molar-refractivity contribution is 9.10. The second-order valence-electron chi connectivity index (χ2n) is 2.24. The van der Waals surface area contributed by atoms with Gasteiger partial charge in [-0.05, 0) is 15.9 Å². The highest BCUT2D eigenvalue weighted by atomic mass is 79.9. The van der Waals surface area contributed by atoms with Gasteiger partial charge in [0.25, 0.3) is 6.43 Å². The van der Waals surface area contributed by atoms with Crippen LogP contribution >= 0.6 is 31.9 Å². The minimum Gasteiger partial charge on any atom is -0.248 e. The van der Waals surface area contributed by atoms with Gasteiger partial charge in [-0.1, -0.05) is 15.9 Å². The lowest BCUT2D eigenvalue weighted by atomic mass is 10.2. The molecule has 1 heterocycles. The van der Waals surface area contributed by atoms with Crippen molar-refractivity contribution in [3.8, 4) is 0 Å². The molecule has 0 saturated carbocycles. The van der Waals surface area contributed by atoms with Crippen molar-refractivity contribution in [2.24, 2.45) is 0 Å². The normalized spacial score (nSPS) is 10.9. The summed E-state index contributed by atoms with van der Waals surface area (Å²) in [6.45, 7) is 0. The zero-order chi connectivity index (χ0) is 10.0. The van der Waals surface area contributed by atoms with Crippen LogP contribution in [-0.4, -0.2) is 4.98 Å². The van der Waals surface area contributed by atoms with Gasteiger partial charge in [0.15, 0.2) is 0 Å². The van der Waals surface area contributed by atoms with E-state index in [4.69, 9.17) is 0 Å². The minimum absolute atomic E-state index is 0.124. The number of aromatic nitrogens is 1. The first-order chi connectivity index (χ1) is 6.07. The summed E-state index contributed by atoms with van der Waals surface area (Å²) >= 11 is 5.74. The third kappa shape index (κ3) is 2.22. The van der Waals surface area contributed by atoms with Crippen LogP contribution in [-0.2, 0) is 5.33 Å². The van der Waals surface area contributed by atoms with Crippen LogP contribution in [0, 0.1) is 5.82 Å². The Kier molecular flexibility index (Phi) is 3.73. The topological polar surface area (TPSA) is 12.9 Å². The fourth-order valence-corrected chi connectivity index (χ4v) is 1.64. The van der Waals surface area contributed by atoms with Crippen molar-refractivity contribution in [3.63, 3.8) is 0 Å². The van der Waals surface area contributed by atoms with Crippen LogP contribution in [0.1, 0.15) is 17.6 Å². The van der Waals surface area contributed by atoms with E-state index < -0.39 is 17.8 Å². The Morgan fingerprint density at radius 3 is 2.54 bits per heavy atom. The van der Waals surface area contributed by atoms with E-state index in [-0.39, 0.29) is 15.5 Å². The van der Waals surface area contributed by atoms with Crippen molar-refractivity contribution < 1.29 is 13.2 Å². The van der Waals surface area contributed by atoms with Crippen LogP contribution in [0.3, 0.4) is 0 Å². The van der Waals surface area contributed by atoms with Crippen LogP contribution in [0.25, 0.3) is 0 Å². The Bertz CT molecular complexity index is 317. The fraction of sp³-hybridized carbons (Fsp3) is 0.286. The van der Waals surface area contributed by atoms with E-state index in [0.29, 0.717) is 0 Å². The Hall–Kier alpha value is -0.100. The molecule has 72 valence electrons. The average Bonchev–Trinajstić information content (AvgIpc) is 2.04. The quantitative estimate of drug-likeness (QED) is 0.597. The third-order valence-corrected chi connectivity index (χ3v) is 2.67. The summed E-state index contributed by atoms with van der Waals surface area (Å²) in [5.41, 5.74) is -0.560. The molecule has 0 saturated heterocycles. The lowest BCUT2D eigenvalue weighted by molar-refractivity contribution is 0.144. The first-order valence-corrected chi connectivity index (χ1v) is 5.16. The van der Waals surface area contributed by atoms with Crippen LogP contribution in [0.4, 0.5) is 13.2 Å². The zero-order valence-corrected chi connectivity index (χ0v) is 9.37. The lowest BCUT2D eigenvalue weighted by Gasteiger charge is -2.06. The standard InChI is InChI=1S/C7H4Br2F3N/c8-1-3-2-13-6(9)4(5(3)10)7(11)12/h2,7H,1H2. The second-order valence-corrected chi connectivity index (χ2v) is 3.55. The van der Waals surface area contributed by atoms with Crippen LogP contribution in [0.5, 0.6) is 0 Å². The largest absolute Gasteiger partial charge is 0.269 e. The van der Waals surface area contributed by atoms with Gasteiger partial charge >= 0.3 is 0 Å². The van der Waals surface area contributed by atoms with Crippen LogP contribution < -0.4 is 0 Å². The summed E-state index contributed by atoms with van der Waals surface area (Å²) in [5, 5.41) is 0.166. The van der Waals surface area contributed by atoms with Crippen molar-refractivity contribution in [1.29, 1.82) is 0 Å². The van der Waals surface area contributed by atoms with Gasteiger partial charge in [-0.25, -0.2) is 18.2 Å². The Labute approximate surface area is 89.6 Å². The predicted molar refractivity (Wildman–Crippen MR) is 49.5 cm³/mol. The van der Waals surface area contributed by atoms with E-state index in [2.05, 4.69) is 36.8 Å². The molecule has 0 aromatic carbocycles. The summed E-state index contributed by atoms with van der Waals surface area (Å²) in [6, 6.07) is 0. The van der Waals surface area contributed by atoms with E-state index in [0.717, 1.165) is 0 Å². The maximum Gasteiger partial charge on any atom is 0.269 e. The van der Waals surface area contributed by atoms with Gasteiger partial charge in [0.1, 0.15) is 10.4 Å². The molecule has 0 aliphatic heterocycles. The smallest absolute Gasteiger partial charge is 0.248 e. The molecule has 0 radical (unpaired) electrons. The van der Waals surface area contributed by atoms with E-state index in [1.54, 1.807) is 0 Å². The molecule has 0 spiro atoms. The van der Waals surface area contributed by atoms with Gasteiger partial charge in [-0.2, -0.15) is 0 Å². The van der Waals surface area contributed by atoms with E-state index in [9.17, 15) is 13.2 Å². The summed E-state index contributed by atoms with van der Waals surface area (Å²) < 4.78 is 37.6. The highest BCUT2D eigenvalue weighted by Crippen LogP contribution is 2.30. The van der Waals surface area contributed by atoms with Crippen molar-refractivity contribution in [2.45, 2.75) is 11.8 Å². The van der Waals surface area contributed by atoms with Gasteiger partial charge in [-0.3, -0.25) is 0 Å². The molecule has 0 aliphatic carbocycles. The van der Waals surface area contributed by atoms with Gasteiger partial charge < -0.3 is 0 Å². The number of hydrogen-bond acceptors (Lipinski definition) is 1. The number of alkyl halides is 3. The van der Waals surface area contributed by atoms with Crippen molar-refractivity contribution in [3.05, 3.63) is 27.7 Å². The molecule has 13 heavy (non-hydrogen) atoms. The van der Waals surface area contributed by atoms with Crippen molar-refractivity contribution in [2.75, 3.05) is 0 Å². The van der Waals surface area contributed by atoms with Gasteiger partial charge in [0.05, 0.1) is 5.56 Å². The number of nitrogens with zero attached hydrogens (tertiary/aromatic N) is 1. The maximum absolute atomic E-state index is 13.2. The Balaban J connectivity index is 3.30. The number of halogens is 5. The van der Waals surface area contributed by atoms with Crippen molar-refractivity contribution >= 4 is 31.9 Å². The maximum atomic E-state index is 13.2. The first kappa shape index (κ1) is 11.0. The molecule has 0 bridgehead atoms. The number of hydrogen-bond donors (Lipinski definition) is 0. The van der Waals surface area contributed by atoms with Crippen molar-refractivity contribution in [1.82, 2.24) is 4.98 Å². The third-order valence-electron chi connectivity index (χ3n) is 1.44. The molecule has 0 aliphatic rings. The first-order valence-electron chi connectivity index (χ1n) is 3.24. The molecule has 1 rings (SSSR count). The molecule has 0 fully saturated rings. The zero-order valence-electron chi connectivity index (χ0n) is 6.20. The van der Waals surface area contributed by atoms with E-state index >= 15 is 0 Å². The van der Waals surface area contributed by atoms with Gasteiger partial charge in [0, 0.05) is 17.1 Å². The summed E-state index contributed by atoms with van der Waals surface area (Å²) in [5.74, 6) is -0.909. The lowest BCUT2D eigenvalue weighted by Crippen LogP contribution is -1.99. The molecule has 0 unspecified atom stereocenters. The SMILES string of the molecule is Fc1c(CBr)cnc(Br)c1C(F)F. The second kappa shape index (κ2) is 4.41. The summed E-state index contributed by atoms with van der Waals surface area (Å²) in [6.07, 6.45) is -1.65. The molecule has 1 aromatic heterocycles. The van der Waals surface area contributed by atoms with E-state index in [1.807, 2.05) is 0 Å². The number of rotatable bonds is 2. The monoisotopic (exact) mass is 317 g/mol. The van der Waals surface area contributed by atoms with Gasteiger partial charge in [0.2, 0.25) is 0 Å². The Morgan fingerprint density at radius 1 is 1.46 bits per heavy atom. The molecule has 1 aromatic rings. The van der Waals surface area contributed by atoms with Crippen LogP contribution in [0.2, 0.25) is 0 Å². The Morgan fingerprint density at radius 2 is 2.08 bits per heavy atom. The summed E-state index contributed by atoms with van der Waals surface area (Å²) in [7, 11) is 0. The highest BCUT2D eigenvalue weighted by Gasteiger charge is 2.20. The molecular weight excluding hydrogens is 315 g/mol. The minimum atomic E-state index is -2.86. The summed E-state index contributed by atoms with van der Waals surface area (Å²) in [4.78, 5) is 3.60. The fourth-order valence-electron chi connectivity index (χ4n) is 0.803. The predicted octanol–water partition coefficient (Wildman–Crippen LogP) is 3.82.